The highest BCUT2D eigenvalue weighted by molar-refractivity contribution is 6.03. The Labute approximate surface area is 148 Å². The van der Waals surface area contributed by atoms with E-state index in [0.29, 0.717) is 22.8 Å². The third-order valence-electron chi connectivity index (χ3n) is 3.94. The minimum atomic E-state index is -0.319. The first-order valence-electron chi connectivity index (χ1n) is 8.00. The van der Waals surface area contributed by atoms with Crippen molar-refractivity contribution in [3.05, 3.63) is 66.2 Å². The first-order valence-corrected chi connectivity index (χ1v) is 8.00. The van der Waals surface area contributed by atoms with E-state index in [4.69, 9.17) is 4.74 Å². The van der Waals surface area contributed by atoms with Gasteiger partial charge in [-0.2, -0.15) is 0 Å². The van der Waals surface area contributed by atoms with E-state index in [1.54, 1.807) is 29.1 Å². The van der Waals surface area contributed by atoms with Gasteiger partial charge in [-0.1, -0.05) is 24.3 Å². The Morgan fingerprint density at radius 2 is 2.04 bits per heavy atom. The van der Waals surface area contributed by atoms with Crippen LogP contribution in [0.1, 0.15) is 16.2 Å². The molecule has 0 bridgehead atoms. The van der Waals surface area contributed by atoms with Gasteiger partial charge in [-0.05, 0) is 24.3 Å². The summed E-state index contributed by atoms with van der Waals surface area (Å²) in [6.07, 6.45) is 1.60. The number of hydrogen-bond donors (Lipinski definition) is 2. The Balaban J connectivity index is 1.52. The molecule has 0 saturated carbocycles. The van der Waals surface area contributed by atoms with Crippen molar-refractivity contribution in [3.63, 3.8) is 0 Å². The second-order valence-electron chi connectivity index (χ2n) is 5.65. The molecule has 2 amide bonds. The molecule has 1 aromatic heterocycles. The zero-order valence-electron chi connectivity index (χ0n) is 13.7. The van der Waals surface area contributed by atoms with Crippen molar-refractivity contribution in [1.29, 1.82) is 0 Å². The second kappa shape index (κ2) is 6.67. The third-order valence-corrected chi connectivity index (χ3v) is 3.94. The van der Waals surface area contributed by atoms with E-state index < -0.39 is 0 Å². The normalized spacial score (nSPS) is 12.7. The number of nitrogens with one attached hydrogen (secondary N) is 2. The van der Waals surface area contributed by atoms with Crippen LogP contribution in [0, 0.1) is 0 Å². The lowest BCUT2D eigenvalue weighted by Gasteiger charge is -2.20. The lowest BCUT2D eigenvalue weighted by atomic mass is 10.1. The molecule has 0 fully saturated rings. The number of amides is 2. The number of benzene rings is 2. The van der Waals surface area contributed by atoms with Crippen LogP contribution in [0.4, 0.5) is 5.69 Å². The van der Waals surface area contributed by atoms with Crippen LogP contribution in [-0.2, 0) is 11.3 Å². The molecule has 8 nitrogen and oxygen atoms in total. The lowest BCUT2D eigenvalue weighted by molar-refractivity contribution is -0.118. The number of carbonyl (C=O) groups is 2. The van der Waals surface area contributed by atoms with Gasteiger partial charge in [0.15, 0.2) is 18.2 Å². The molecule has 2 aromatic carbocycles. The standard InChI is InChI=1S/C18H15N5O3/c24-16-10-26-17-13(7-4-8-14(17)21-16)18(25)19-9-15-22-20-11-23(15)12-5-2-1-3-6-12/h1-8,11H,9-10H2,(H,19,25)(H,21,24). The van der Waals surface area contributed by atoms with Crippen molar-refractivity contribution < 1.29 is 14.3 Å². The van der Waals surface area contributed by atoms with Crippen molar-refractivity contribution in [3.8, 4) is 11.4 Å². The molecule has 2 N–H and O–H groups in total. The van der Waals surface area contributed by atoms with Crippen molar-refractivity contribution >= 4 is 17.5 Å². The molecule has 0 radical (unpaired) electrons. The number of fused-ring (bicyclic) bond motifs is 1. The van der Waals surface area contributed by atoms with Gasteiger partial charge in [-0.15, -0.1) is 10.2 Å². The summed E-state index contributed by atoms with van der Waals surface area (Å²) in [5.74, 6) is 0.407. The fraction of sp³-hybridized carbons (Fsp3) is 0.111. The van der Waals surface area contributed by atoms with Crippen molar-refractivity contribution in [2.45, 2.75) is 6.54 Å². The maximum absolute atomic E-state index is 12.6. The molecule has 4 rings (SSSR count). The molecular weight excluding hydrogens is 334 g/mol. The van der Waals surface area contributed by atoms with E-state index in [2.05, 4.69) is 20.8 Å². The van der Waals surface area contributed by atoms with E-state index in [1.807, 2.05) is 30.3 Å². The second-order valence-corrected chi connectivity index (χ2v) is 5.65. The van der Waals surface area contributed by atoms with Gasteiger partial charge < -0.3 is 15.4 Å². The van der Waals surface area contributed by atoms with Gasteiger partial charge in [0.25, 0.3) is 11.8 Å². The summed E-state index contributed by atoms with van der Waals surface area (Å²) in [6.45, 7) is 0.0867. The Hall–Kier alpha value is -3.68. The quantitative estimate of drug-likeness (QED) is 0.744. The van der Waals surface area contributed by atoms with Crippen molar-refractivity contribution in [2.75, 3.05) is 11.9 Å². The van der Waals surface area contributed by atoms with Crippen molar-refractivity contribution in [2.24, 2.45) is 0 Å². The fourth-order valence-corrected chi connectivity index (χ4v) is 2.73. The zero-order chi connectivity index (χ0) is 17.9. The van der Waals surface area contributed by atoms with E-state index >= 15 is 0 Å². The lowest BCUT2D eigenvalue weighted by Crippen LogP contribution is -2.29. The van der Waals surface area contributed by atoms with Gasteiger partial charge in [0, 0.05) is 5.69 Å². The molecular formula is C18H15N5O3. The highest BCUT2D eigenvalue weighted by Crippen LogP contribution is 2.31. The summed E-state index contributed by atoms with van der Waals surface area (Å²) < 4.78 is 7.22. The van der Waals surface area contributed by atoms with E-state index in [0.717, 1.165) is 5.69 Å². The number of hydrogen-bond acceptors (Lipinski definition) is 5. The smallest absolute Gasteiger partial charge is 0.262 e. The number of rotatable bonds is 4. The summed E-state index contributed by atoms with van der Waals surface area (Å²) in [5, 5.41) is 13.5. The molecule has 2 heterocycles. The fourth-order valence-electron chi connectivity index (χ4n) is 2.73. The highest BCUT2D eigenvalue weighted by atomic mass is 16.5. The van der Waals surface area contributed by atoms with Crippen LogP contribution in [-0.4, -0.2) is 33.2 Å². The maximum atomic E-state index is 12.6. The number of nitrogens with zero attached hydrogens (tertiary/aromatic N) is 3. The van der Waals surface area contributed by atoms with Crippen LogP contribution in [0.2, 0.25) is 0 Å². The number of para-hydroxylation sites is 2. The Morgan fingerprint density at radius 1 is 1.19 bits per heavy atom. The first-order chi connectivity index (χ1) is 12.7. The molecule has 0 unspecified atom stereocenters. The molecule has 1 aliphatic rings. The summed E-state index contributed by atoms with van der Waals surface area (Å²) in [6, 6.07) is 14.6. The summed E-state index contributed by atoms with van der Waals surface area (Å²) in [5.41, 5.74) is 1.75. The van der Waals surface area contributed by atoms with E-state index in [1.165, 1.54) is 0 Å². The summed E-state index contributed by atoms with van der Waals surface area (Å²) in [4.78, 5) is 24.0. The molecule has 0 spiro atoms. The molecule has 0 atom stereocenters. The molecule has 8 heteroatoms. The van der Waals surface area contributed by atoms with Crippen LogP contribution in [0.25, 0.3) is 5.69 Å². The molecule has 26 heavy (non-hydrogen) atoms. The first kappa shape index (κ1) is 15.8. The average molecular weight is 349 g/mol. The Kier molecular flexibility index (Phi) is 4.06. The van der Waals surface area contributed by atoms with Gasteiger partial charge in [0.1, 0.15) is 6.33 Å². The van der Waals surface area contributed by atoms with E-state index in [-0.39, 0.29) is 25.0 Å². The predicted octanol–water partition coefficient (Wildman–Crippen LogP) is 1.53. The van der Waals surface area contributed by atoms with Gasteiger partial charge in [0.2, 0.25) is 0 Å². The number of ether oxygens (including phenoxy) is 1. The van der Waals surface area contributed by atoms with Gasteiger partial charge in [-0.25, -0.2) is 0 Å². The minimum Gasteiger partial charge on any atom is -0.481 e. The highest BCUT2D eigenvalue weighted by Gasteiger charge is 2.22. The summed E-state index contributed by atoms with van der Waals surface area (Å²) in [7, 11) is 0. The monoisotopic (exact) mass is 349 g/mol. The maximum Gasteiger partial charge on any atom is 0.262 e. The average Bonchev–Trinajstić information content (AvgIpc) is 3.14. The van der Waals surface area contributed by atoms with Crippen LogP contribution < -0.4 is 15.4 Å². The Bertz CT molecular complexity index is 968. The summed E-state index contributed by atoms with van der Waals surface area (Å²) >= 11 is 0. The third kappa shape index (κ3) is 3.00. The SMILES string of the molecule is O=C1COc2c(cccc2C(=O)NCc2nncn2-c2ccccc2)N1. The topological polar surface area (TPSA) is 98.1 Å². The van der Waals surface area contributed by atoms with E-state index in [9.17, 15) is 9.59 Å². The van der Waals surface area contributed by atoms with Gasteiger partial charge in [-0.3, -0.25) is 14.2 Å². The molecule has 0 aliphatic carbocycles. The molecule has 1 aliphatic heterocycles. The van der Waals surface area contributed by atoms with Gasteiger partial charge >= 0.3 is 0 Å². The number of carbonyl (C=O) groups excluding carboxylic acids is 2. The molecule has 130 valence electrons. The largest absolute Gasteiger partial charge is 0.481 e. The van der Waals surface area contributed by atoms with Crippen LogP contribution in [0.15, 0.2) is 54.9 Å². The van der Waals surface area contributed by atoms with Crippen LogP contribution in [0.3, 0.4) is 0 Å². The Morgan fingerprint density at radius 3 is 2.88 bits per heavy atom. The number of aromatic nitrogens is 3. The van der Waals surface area contributed by atoms with Crippen LogP contribution >= 0.6 is 0 Å². The zero-order valence-corrected chi connectivity index (χ0v) is 13.7. The van der Waals surface area contributed by atoms with Crippen molar-refractivity contribution in [1.82, 2.24) is 20.1 Å². The predicted molar refractivity (Wildman–Crippen MR) is 93.1 cm³/mol. The molecule has 3 aromatic rings. The molecule has 0 saturated heterocycles. The van der Waals surface area contributed by atoms with Crippen LogP contribution in [0.5, 0.6) is 5.75 Å². The van der Waals surface area contributed by atoms with Gasteiger partial charge in [0.05, 0.1) is 17.8 Å². The number of anilines is 1. The minimum absolute atomic E-state index is 0.111.